The molecule has 1 nitrogen and oxygen atoms in total. The van der Waals surface area contributed by atoms with Crippen LogP contribution in [-0.4, -0.2) is 4.98 Å². The first-order valence-electron chi connectivity index (χ1n) is 3.76. The number of alkyl halides is 6. The van der Waals surface area contributed by atoms with Crippen LogP contribution in [0.2, 0.25) is 0 Å². The van der Waals surface area contributed by atoms with E-state index in [2.05, 4.69) is 20.9 Å². The van der Waals surface area contributed by atoms with Gasteiger partial charge in [-0.25, -0.2) is 8.78 Å². The number of pyridine rings is 1. The van der Waals surface area contributed by atoms with Crippen LogP contribution in [0.3, 0.4) is 0 Å². The Labute approximate surface area is 90.4 Å². The zero-order valence-electron chi connectivity index (χ0n) is 7.15. The Bertz CT molecular complexity index is 349. The Morgan fingerprint density at radius 2 is 1.93 bits per heavy atom. The maximum Gasteiger partial charge on any atom is 0.418 e. The van der Waals surface area contributed by atoms with Gasteiger partial charge in [0, 0.05) is 11.5 Å². The summed E-state index contributed by atoms with van der Waals surface area (Å²) in [5.74, 6) is 0. The Morgan fingerprint density at radius 3 is 2.33 bits per heavy atom. The lowest BCUT2D eigenvalue weighted by Crippen LogP contribution is -2.11. The summed E-state index contributed by atoms with van der Waals surface area (Å²) in [5.41, 5.74) is -2.41. The third-order valence-electron chi connectivity index (χ3n) is 1.64. The summed E-state index contributed by atoms with van der Waals surface area (Å²) in [4.78, 5) is 3.12. The molecule has 0 saturated heterocycles. The van der Waals surface area contributed by atoms with Gasteiger partial charge in [-0.2, -0.15) is 13.2 Å². The van der Waals surface area contributed by atoms with E-state index in [4.69, 9.17) is 0 Å². The van der Waals surface area contributed by atoms with Crippen LogP contribution in [0, 0.1) is 0 Å². The number of hydrogen-bond acceptors (Lipinski definition) is 1. The zero-order valence-corrected chi connectivity index (χ0v) is 8.74. The monoisotopic (exact) mass is 289 g/mol. The molecule has 0 fully saturated rings. The molecule has 1 rings (SSSR count). The van der Waals surface area contributed by atoms with E-state index in [9.17, 15) is 22.0 Å². The standard InChI is InChI=1S/C8H5BrF5N/c9-2-4-1-5(8(12,13)14)6(7(10)11)15-3-4/h1,3,7H,2H2. The molecule has 0 aromatic carbocycles. The number of aromatic nitrogens is 1. The van der Waals surface area contributed by atoms with Crippen molar-refractivity contribution in [3.63, 3.8) is 0 Å². The van der Waals surface area contributed by atoms with Crippen molar-refractivity contribution in [2.75, 3.05) is 0 Å². The minimum Gasteiger partial charge on any atom is -0.254 e. The van der Waals surface area contributed by atoms with Gasteiger partial charge >= 0.3 is 6.18 Å². The highest BCUT2D eigenvalue weighted by Crippen LogP contribution is 2.35. The smallest absolute Gasteiger partial charge is 0.254 e. The molecule has 0 atom stereocenters. The third kappa shape index (κ3) is 2.87. The maximum absolute atomic E-state index is 12.3. The molecule has 0 bridgehead atoms. The van der Waals surface area contributed by atoms with Gasteiger partial charge in [0.15, 0.2) is 0 Å². The van der Waals surface area contributed by atoms with Crippen molar-refractivity contribution in [3.05, 3.63) is 29.1 Å². The Kier molecular flexibility index (Phi) is 3.64. The lowest BCUT2D eigenvalue weighted by atomic mass is 10.1. The van der Waals surface area contributed by atoms with Crippen LogP contribution in [0.1, 0.15) is 23.2 Å². The van der Waals surface area contributed by atoms with E-state index in [0.29, 0.717) is 6.07 Å². The van der Waals surface area contributed by atoms with Crippen molar-refractivity contribution < 1.29 is 22.0 Å². The summed E-state index contributed by atoms with van der Waals surface area (Å²) < 4.78 is 61.4. The van der Waals surface area contributed by atoms with Crippen LogP contribution in [0.5, 0.6) is 0 Å². The zero-order chi connectivity index (χ0) is 11.6. The maximum atomic E-state index is 12.3. The molecule has 1 aromatic heterocycles. The average Bonchev–Trinajstić information content (AvgIpc) is 2.15. The fraction of sp³-hybridized carbons (Fsp3) is 0.375. The number of hydrogen-bond donors (Lipinski definition) is 0. The number of rotatable bonds is 2. The van der Waals surface area contributed by atoms with E-state index >= 15 is 0 Å². The summed E-state index contributed by atoms with van der Waals surface area (Å²) in [6.07, 6.45) is -7.05. The van der Waals surface area contributed by atoms with Crippen molar-refractivity contribution in [2.24, 2.45) is 0 Å². The Balaban J connectivity index is 3.29. The highest BCUT2D eigenvalue weighted by Gasteiger charge is 2.36. The average molecular weight is 290 g/mol. The van der Waals surface area contributed by atoms with Crippen LogP contribution in [0.25, 0.3) is 0 Å². The predicted molar refractivity (Wildman–Crippen MR) is 46.8 cm³/mol. The van der Waals surface area contributed by atoms with E-state index in [-0.39, 0.29) is 10.9 Å². The fourth-order valence-corrected chi connectivity index (χ4v) is 1.30. The van der Waals surface area contributed by atoms with Crippen LogP contribution < -0.4 is 0 Å². The van der Waals surface area contributed by atoms with Crippen LogP contribution >= 0.6 is 15.9 Å². The SMILES string of the molecule is FC(F)c1ncc(CBr)cc1C(F)(F)F. The summed E-state index contributed by atoms with van der Waals surface area (Å²) >= 11 is 2.93. The Morgan fingerprint density at radius 1 is 1.33 bits per heavy atom. The molecule has 1 heterocycles. The molecule has 0 radical (unpaired) electrons. The largest absolute Gasteiger partial charge is 0.418 e. The van der Waals surface area contributed by atoms with Gasteiger partial charge in [-0.15, -0.1) is 0 Å². The highest BCUT2D eigenvalue weighted by molar-refractivity contribution is 9.08. The minimum absolute atomic E-state index is 0.132. The fourth-order valence-electron chi connectivity index (χ4n) is 0.993. The topological polar surface area (TPSA) is 12.9 Å². The van der Waals surface area contributed by atoms with Gasteiger partial charge in [-0.1, -0.05) is 15.9 Å². The summed E-state index contributed by atoms with van der Waals surface area (Å²) in [6, 6.07) is 0.670. The number of halogens is 6. The van der Waals surface area contributed by atoms with Crippen molar-refractivity contribution in [1.29, 1.82) is 0 Å². The van der Waals surface area contributed by atoms with E-state index in [1.54, 1.807) is 0 Å². The van der Waals surface area contributed by atoms with E-state index in [1.165, 1.54) is 0 Å². The molecule has 0 aliphatic carbocycles. The van der Waals surface area contributed by atoms with Gasteiger partial charge in [-0.3, -0.25) is 4.98 Å². The van der Waals surface area contributed by atoms with Gasteiger partial charge in [0.2, 0.25) is 0 Å². The van der Waals surface area contributed by atoms with Crippen molar-refractivity contribution >= 4 is 15.9 Å². The summed E-state index contributed by atoms with van der Waals surface area (Å²) in [6.45, 7) is 0. The Hall–Kier alpha value is -0.720. The molecular formula is C8H5BrF5N. The van der Waals surface area contributed by atoms with Crippen LogP contribution in [-0.2, 0) is 11.5 Å². The van der Waals surface area contributed by atoms with Gasteiger partial charge in [0.1, 0.15) is 5.69 Å². The van der Waals surface area contributed by atoms with Gasteiger partial charge in [-0.05, 0) is 11.6 Å². The van der Waals surface area contributed by atoms with E-state index < -0.39 is 23.9 Å². The lowest BCUT2D eigenvalue weighted by molar-refractivity contribution is -0.140. The molecule has 1 aromatic rings. The van der Waals surface area contributed by atoms with Crippen molar-refractivity contribution in [1.82, 2.24) is 4.98 Å². The molecule has 0 unspecified atom stereocenters. The first-order valence-corrected chi connectivity index (χ1v) is 4.88. The molecule has 0 amide bonds. The van der Waals surface area contributed by atoms with Crippen molar-refractivity contribution in [2.45, 2.75) is 17.9 Å². The van der Waals surface area contributed by atoms with Gasteiger partial charge in [0.05, 0.1) is 5.56 Å². The summed E-state index contributed by atoms with van der Waals surface area (Å²) in [5, 5.41) is 0.132. The van der Waals surface area contributed by atoms with Gasteiger partial charge < -0.3 is 0 Å². The first kappa shape index (κ1) is 12.4. The molecular weight excluding hydrogens is 285 g/mol. The molecule has 0 saturated carbocycles. The third-order valence-corrected chi connectivity index (χ3v) is 2.29. The molecule has 84 valence electrons. The van der Waals surface area contributed by atoms with Crippen molar-refractivity contribution in [3.8, 4) is 0 Å². The second-order valence-electron chi connectivity index (χ2n) is 2.71. The quantitative estimate of drug-likeness (QED) is 0.594. The van der Waals surface area contributed by atoms with Crippen LogP contribution in [0.4, 0.5) is 22.0 Å². The molecule has 7 heteroatoms. The molecule has 15 heavy (non-hydrogen) atoms. The molecule has 0 aliphatic rings. The summed E-state index contributed by atoms with van der Waals surface area (Å²) in [7, 11) is 0. The minimum atomic E-state index is -4.81. The number of nitrogens with zero attached hydrogens (tertiary/aromatic N) is 1. The predicted octanol–water partition coefficient (Wildman–Crippen LogP) is 3.93. The molecule has 0 aliphatic heterocycles. The molecule has 0 N–H and O–H groups in total. The van der Waals surface area contributed by atoms with E-state index in [1.807, 2.05) is 0 Å². The second kappa shape index (κ2) is 4.42. The van der Waals surface area contributed by atoms with E-state index in [0.717, 1.165) is 6.20 Å². The lowest BCUT2D eigenvalue weighted by Gasteiger charge is -2.12. The normalized spacial score (nSPS) is 12.2. The highest BCUT2D eigenvalue weighted by atomic mass is 79.9. The second-order valence-corrected chi connectivity index (χ2v) is 3.27. The van der Waals surface area contributed by atoms with Crippen LogP contribution in [0.15, 0.2) is 12.3 Å². The van der Waals surface area contributed by atoms with Gasteiger partial charge in [0.25, 0.3) is 6.43 Å². The molecule has 0 spiro atoms. The first-order chi connectivity index (χ1) is 6.86.